The third-order valence-electron chi connectivity index (χ3n) is 3.25. The molecule has 0 bridgehead atoms. The van der Waals surface area contributed by atoms with Crippen LogP contribution in [0.25, 0.3) is 11.3 Å². The molecule has 124 valence electrons. The Kier molecular flexibility index (Phi) is 4.61. The Bertz CT molecular complexity index is 981. The first-order valence-corrected chi connectivity index (χ1v) is 7.79. The van der Waals surface area contributed by atoms with Gasteiger partial charge in [0.1, 0.15) is 28.9 Å². The van der Waals surface area contributed by atoms with Gasteiger partial charge in [0.25, 0.3) is 0 Å². The summed E-state index contributed by atoms with van der Waals surface area (Å²) in [4.78, 5) is 7.92. The van der Waals surface area contributed by atoms with Crippen LogP contribution in [0.5, 0.6) is 11.5 Å². The van der Waals surface area contributed by atoms with Crippen LogP contribution < -0.4 is 16.2 Å². The zero-order chi connectivity index (χ0) is 18.0. The normalized spacial score (nSPS) is 10.3. The van der Waals surface area contributed by atoms with Gasteiger partial charge in [-0.2, -0.15) is 10.2 Å². The van der Waals surface area contributed by atoms with Crippen molar-refractivity contribution in [3.05, 3.63) is 58.1 Å². The molecule has 0 fully saturated rings. The van der Waals surface area contributed by atoms with Gasteiger partial charge in [0.2, 0.25) is 5.95 Å². The molecule has 2 aromatic carbocycles. The highest BCUT2D eigenvalue weighted by Gasteiger charge is 2.14. The van der Waals surface area contributed by atoms with Gasteiger partial charge in [-0.05, 0) is 30.3 Å². The molecule has 0 spiro atoms. The lowest BCUT2D eigenvalue weighted by Crippen LogP contribution is -2.05. The summed E-state index contributed by atoms with van der Waals surface area (Å²) in [5.41, 5.74) is 12.5. The summed E-state index contributed by atoms with van der Waals surface area (Å²) in [6.45, 7) is 0. The standard InChI is InChI=1S/C17H11Cl2N5O/c18-10-5-11(19)7-13(6-10)25-12-3-1-2-9(4-12)15-14(8-20)16(21)24-17(22)23-15/h1-7H,(H4,21,22,23,24). The number of hydrogen-bond donors (Lipinski definition) is 2. The summed E-state index contributed by atoms with van der Waals surface area (Å²) < 4.78 is 5.78. The first-order chi connectivity index (χ1) is 12.0. The topological polar surface area (TPSA) is 111 Å². The second-order valence-corrected chi connectivity index (χ2v) is 5.91. The van der Waals surface area contributed by atoms with Gasteiger partial charge in [0.15, 0.2) is 0 Å². The molecule has 0 aliphatic heterocycles. The van der Waals surface area contributed by atoms with Crippen LogP contribution in [-0.4, -0.2) is 9.97 Å². The summed E-state index contributed by atoms with van der Waals surface area (Å²) in [6.07, 6.45) is 0. The van der Waals surface area contributed by atoms with E-state index in [0.29, 0.717) is 32.8 Å². The number of rotatable bonds is 3. The molecular formula is C17H11Cl2N5O. The molecule has 1 heterocycles. The van der Waals surface area contributed by atoms with E-state index < -0.39 is 0 Å². The first kappa shape index (κ1) is 16.8. The Hall–Kier alpha value is -3.01. The highest BCUT2D eigenvalue weighted by Crippen LogP contribution is 2.32. The Morgan fingerprint density at radius 2 is 1.68 bits per heavy atom. The first-order valence-electron chi connectivity index (χ1n) is 7.04. The van der Waals surface area contributed by atoms with Crippen molar-refractivity contribution in [1.82, 2.24) is 9.97 Å². The number of halogens is 2. The Morgan fingerprint density at radius 3 is 2.36 bits per heavy atom. The van der Waals surface area contributed by atoms with Crippen LogP contribution in [0.3, 0.4) is 0 Å². The van der Waals surface area contributed by atoms with Crippen LogP contribution in [0, 0.1) is 11.3 Å². The van der Waals surface area contributed by atoms with E-state index in [2.05, 4.69) is 9.97 Å². The van der Waals surface area contributed by atoms with Gasteiger partial charge in [0, 0.05) is 15.6 Å². The molecule has 8 heteroatoms. The highest BCUT2D eigenvalue weighted by molar-refractivity contribution is 6.34. The lowest BCUT2D eigenvalue weighted by molar-refractivity contribution is 0.483. The van der Waals surface area contributed by atoms with Gasteiger partial charge in [-0.15, -0.1) is 0 Å². The molecule has 0 atom stereocenters. The molecule has 3 rings (SSSR count). The predicted molar refractivity (Wildman–Crippen MR) is 97.5 cm³/mol. The van der Waals surface area contributed by atoms with E-state index in [0.717, 1.165) is 0 Å². The average Bonchev–Trinajstić information content (AvgIpc) is 2.53. The van der Waals surface area contributed by atoms with E-state index in [1.165, 1.54) is 0 Å². The van der Waals surface area contributed by atoms with Crippen molar-refractivity contribution in [3.63, 3.8) is 0 Å². The van der Waals surface area contributed by atoms with Crippen LogP contribution in [0.1, 0.15) is 5.56 Å². The summed E-state index contributed by atoms with van der Waals surface area (Å²) in [6, 6.07) is 13.9. The lowest BCUT2D eigenvalue weighted by Gasteiger charge is -2.10. The molecular weight excluding hydrogens is 361 g/mol. The Labute approximate surface area is 153 Å². The van der Waals surface area contributed by atoms with Crippen molar-refractivity contribution in [3.8, 4) is 28.8 Å². The van der Waals surface area contributed by atoms with Gasteiger partial charge in [0.05, 0.1) is 5.69 Å². The average molecular weight is 372 g/mol. The van der Waals surface area contributed by atoms with Crippen LogP contribution in [0.15, 0.2) is 42.5 Å². The van der Waals surface area contributed by atoms with Crippen molar-refractivity contribution < 1.29 is 4.74 Å². The Balaban J connectivity index is 2.02. The maximum absolute atomic E-state index is 9.31. The van der Waals surface area contributed by atoms with Crippen molar-refractivity contribution in [1.29, 1.82) is 5.26 Å². The molecule has 0 saturated heterocycles. The summed E-state index contributed by atoms with van der Waals surface area (Å²) in [5.74, 6) is 1.00. The molecule has 0 saturated carbocycles. The minimum atomic E-state index is -0.0144. The molecule has 0 radical (unpaired) electrons. The predicted octanol–water partition coefficient (Wildman–Crippen LogP) is 4.28. The minimum Gasteiger partial charge on any atom is -0.457 e. The fraction of sp³-hybridized carbons (Fsp3) is 0. The van der Waals surface area contributed by atoms with E-state index in [4.69, 9.17) is 39.4 Å². The van der Waals surface area contributed by atoms with Crippen LogP contribution >= 0.6 is 23.2 Å². The molecule has 0 aliphatic rings. The summed E-state index contributed by atoms with van der Waals surface area (Å²) >= 11 is 11.9. The summed E-state index contributed by atoms with van der Waals surface area (Å²) in [5, 5.41) is 10.2. The van der Waals surface area contributed by atoms with E-state index in [-0.39, 0.29) is 17.3 Å². The van der Waals surface area contributed by atoms with Gasteiger partial charge in [-0.25, -0.2) is 4.98 Å². The number of aromatic nitrogens is 2. The SMILES string of the molecule is N#Cc1c(N)nc(N)nc1-c1cccc(Oc2cc(Cl)cc(Cl)c2)c1. The Morgan fingerprint density at radius 1 is 0.960 bits per heavy atom. The quantitative estimate of drug-likeness (QED) is 0.710. The molecule has 0 aliphatic carbocycles. The van der Waals surface area contributed by atoms with Crippen molar-refractivity contribution in [2.45, 2.75) is 0 Å². The van der Waals surface area contributed by atoms with Crippen LogP contribution in [0.2, 0.25) is 10.0 Å². The van der Waals surface area contributed by atoms with Crippen molar-refractivity contribution in [2.24, 2.45) is 0 Å². The largest absolute Gasteiger partial charge is 0.457 e. The van der Waals surface area contributed by atoms with Gasteiger partial charge >= 0.3 is 0 Å². The van der Waals surface area contributed by atoms with E-state index in [9.17, 15) is 5.26 Å². The maximum Gasteiger partial charge on any atom is 0.222 e. The fourth-order valence-corrected chi connectivity index (χ4v) is 2.75. The van der Waals surface area contributed by atoms with E-state index >= 15 is 0 Å². The van der Waals surface area contributed by atoms with E-state index in [1.807, 2.05) is 6.07 Å². The number of ether oxygens (including phenoxy) is 1. The zero-order valence-corrected chi connectivity index (χ0v) is 14.2. The molecule has 3 aromatic rings. The third-order valence-corrected chi connectivity index (χ3v) is 3.68. The van der Waals surface area contributed by atoms with Crippen LogP contribution in [0.4, 0.5) is 11.8 Å². The summed E-state index contributed by atoms with van der Waals surface area (Å²) in [7, 11) is 0. The number of nitrogen functional groups attached to an aromatic ring is 2. The number of nitrogens with two attached hydrogens (primary N) is 2. The number of nitrogens with zero attached hydrogens (tertiary/aromatic N) is 3. The minimum absolute atomic E-state index is 0.0144. The van der Waals surface area contributed by atoms with Gasteiger partial charge < -0.3 is 16.2 Å². The van der Waals surface area contributed by atoms with Gasteiger partial charge in [-0.1, -0.05) is 35.3 Å². The third kappa shape index (κ3) is 3.74. The second kappa shape index (κ2) is 6.85. The smallest absolute Gasteiger partial charge is 0.222 e. The fourth-order valence-electron chi connectivity index (χ4n) is 2.25. The zero-order valence-electron chi connectivity index (χ0n) is 12.7. The highest BCUT2D eigenvalue weighted by atomic mass is 35.5. The molecule has 0 amide bonds. The van der Waals surface area contributed by atoms with E-state index in [1.54, 1.807) is 42.5 Å². The molecule has 25 heavy (non-hydrogen) atoms. The second-order valence-electron chi connectivity index (χ2n) is 5.04. The number of hydrogen-bond acceptors (Lipinski definition) is 6. The molecule has 6 nitrogen and oxygen atoms in total. The number of nitriles is 1. The van der Waals surface area contributed by atoms with Gasteiger partial charge in [-0.3, -0.25) is 0 Å². The molecule has 4 N–H and O–H groups in total. The van der Waals surface area contributed by atoms with Crippen molar-refractivity contribution in [2.75, 3.05) is 11.5 Å². The molecule has 0 unspecified atom stereocenters. The lowest BCUT2D eigenvalue weighted by atomic mass is 10.1. The number of benzene rings is 2. The molecule has 1 aromatic heterocycles. The maximum atomic E-state index is 9.31. The monoisotopic (exact) mass is 371 g/mol. The van der Waals surface area contributed by atoms with Crippen LogP contribution in [-0.2, 0) is 0 Å². The van der Waals surface area contributed by atoms with Crippen molar-refractivity contribution >= 4 is 35.0 Å². The number of anilines is 2.